The second-order valence-electron chi connectivity index (χ2n) is 5.11. The van der Waals surface area contributed by atoms with Crippen LogP contribution in [0.2, 0.25) is 0 Å². The zero-order valence-corrected chi connectivity index (χ0v) is 13.6. The number of carbonyl (C=O) groups excluding carboxylic acids is 2. The van der Waals surface area contributed by atoms with Gasteiger partial charge in [0.15, 0.2) is 5.13 Å². The molecule has 0 unspecified atom stereocenters. The monoisotopic (exact) mass is 326 g/mol. The Labute approximate surface area is 134 Å². The molecule has 2 rings (SSSR count). The summed E-state index contributed by atoms with van der Waals surface area (Å²) in [5.41, 5.74) is 0.942. The summed E-state index contributed by atoms with van der Waals surface area (Å²) in [6, 6.07) is 0. The predicted molar refractivity (Wildman–Crippen MR) is 84.8 cm³/mol. The smallest absolute Gasteiger partial charge is 0.245 e. The number of carbonyl (C=O) groups is 2. The first-order valence-corrected chi connectivity index (χ1v) is 8.36. The largest absolute Gasteiger partial charge is 0.379 e. The average molecular weight is 326 g/mol. The van der Waals surface area contributed by atoms with Crippen LogP contribution in [-0.4, -0.2) is 54.5 Å². The van der Waals surface area contributed by atoms with E-state index in [1.807, 2.05) is 12.3 Å². The van der Waals surface area contributed by atoms with Crippen LogP contribution in [0.15, 0.2) is 5.38 Å². The maximum atomic E-state index is 11.7. The van der Waals surface area contributed by atoms with Crippen molar-refractivity contribution < 1.29 is 14.3 Å². The Hall–Kier alpha value is -1.51. The molecule has 122 valence electrons. The van der Waals surface area contributed by atoms with E-state index in [2.05, 4.69) is 20.5 Å². The molecule has 8 heteroatoms. The molecule has 0 atom stereocenters. The average Bonchev–Trinajstić information content (AvgIpc) is 2.93. The molecule has 2 heterocycles. The molecule has 2 amide bonds. The third-order valence-electron chi connectivity index (χ3n) is 3.21. The molecule has 1 aliphatic rings. The quantitative estimate of drug-likeness (QED) is 0.775. The van der Waals surface area contributed by atoms with Gasteiger partial charge >= 0.3 is 0 Å². The highest BCUT2D eigenvalue weighted by atomic mass is 32.1. The first-order chi connectivity index (χ1) is 10.7. The number of ether oxygens (including phenoxy) is 1. The molecule has 1 aliphatic heterocycles. The van der Waals surface area contributed by atoms with Gasteiger partial charge in [-0.1, -0.05) is 6.92 Å². The summed E-state index contributed by atoms with van der Waals surface area (Å²) in [5, 5.41) is 7.80. The Morgan fingerprint density at radius 3 is 2.86 bits per heavy atom. The lowest BCUT2D eigenvalue weighted by atomic mass is 10.3. The Kier molecular flexibility index (Phi) is 6.75. The molecule has 22 heavy (non-hydrogen) atoms. The molecular weight excluding hydrogens is 304 g/mol. The Morgan fingerprint density at radius 1 is 1.36 bits per heavy atom. The molecule has 0 aliphatic carbocycles. The molecule has 0 spiro atoms. The highest BCUT2D eigenvalue weighted by Crippen LogP contribution is 2.17. The number of thiazole rings is 1. The lowest BCUT2D eigenvalue weighted by Crippen LogP contribution is -2.35. The molecule has 1 saturated heterocycles. The fourth-order valence-corrected chi connectivity index (χ4v) is 2.80. The summed E-state index contributed by atoms with van der Waals surface area (Å²) in [7, 11) is 0. The highest BCUT2D eigenvalue weighted by Gasteiger charge is 2.13. The lowest BCUT2D eigenvalue weighted by molar-refractivity contribution is -0.124. The summed E-state index contributed by atoms with van der Waals surface area (Å²) in [4.78, 5) is 29.7. The van der Waals surface area contributed by atoms with Gasteiger partial charge in [-0.2, -0.15) is 0 Å². The summed E-state index contributed by atoms with van der Waals surface area (Å²) >= 11 is 1.40. The first-order valence-electron chi connectivity index (χ1n) is 7.48. The second kappa shape index (κ2) is 8.82. The Balaban J connectivity index is 1.73. The number of hydrogen-bond acceptors (Lipinski definition) is 6. The molecular formula is C14H22N4O3S. The van der Waals surface area contributed by atoms with Crippen LogP contribution >= 0.6 is 11.3 Å². The number of morpholine rings is 1. The van der Waals surface area contributed by atoms with Gasteiger partial charge in [0.1, 0.15) is 0 Å². The van der Waals surface area contributed by atoms with Crippen LogP contribution in [0.4, 0.5) is 5.13 Å². The van der Waals surface area contributed by atoms with Crippen molar-refractivity contribution in [2.75, 3.05) is 38.2 Å². The Bertz CT molecular complexity index is 500. The zero-order valence-electron chi connectivity index (χ0n) is 12.8. The van der Waals surface area contributed by atoms with E-state index >= 15 is 0 Å². The molecule has 1 fully saturated rings. The molecule has 1 aromatic rings. The molecule has 2 N–H and O–H groups in total. The van der Waals surface area contributed by atoms with Crippen molar-refractivity contribution in [3.05, 3.63) is 11.1 Å². The third-order valence-corrected chi connectivity index (χ3v) is 4.02. The van der Waals surface area contributed by atoms with E-state index in [0.717, 1.165) is 45.0 Å². The maximum absolute atomic E-state index is 11.7. The van der Waals surface area contributed by atoms with E-state index in [1.165, 1.54) is 11.3 Å². The van der Waals surface area contributed by atoms with Gasteiger partial charge in [0.25, 0.3) is 0 Å². The van der Waals surface area contributed by atoms with Crippen molar-refractivity contribution in [1.29, 1.82) is 0 Å². The number of hydrogen-bond donors (Lipinski definition) is 2. The maximum Gasteiger partial charge on any atom is 0.245 e. The molecule has 0 aromatic carbocycles. The normalized spacial score (nSPS) is 15.5. The van der Waals surface area contributed by atoms with Gasteiger partial charge in [-0.15, -0.1) is 11.3 Å². The zero-order chi connectivity index (χ0) is 15.8. The van der Waals surface area contributed by atoms with Crippen LogP contribution in [0.3, 0.4) is 0 Å². The van der Waals surface area contributed by atoms with E-state index in [9.17, 15) is 9.59 Å². The highest BCUT2D eigenvalue weighted by molar-refractivity contribution is 7.13. The van der Waals surface area contributed by atoms with Crippen LogP contribution < -0.4 is 10.6 Å². The van der Waals surface area contributed by atoms with Crippen molar-refractivity contribution in [2.45, 2.75) is 26.3 Å². The Morgan fingerprint density at radius 2 is 2.14 bits per heavy atom. The number of anilines is 1. The first kappa shape index (κ1) is 16.9. The topological polar surface area (TPSA) is 83.6 Å². The van der Waals surface area contributed by atoms with Crippen molar-refractivity contribution in [2.24, 2.45) is 0 Å². The van der Waals surface area contributed by atoms with E-state index in [0.29, 0.717) is 11.6 Å². The summed E-state index contributed by atoms with van der Waals surface area (Å²) in [6.07, 6.45) is 1.21. The standard InChI is InChI=1S/C14H22N4O3S/c1-2-3-12(19)15-8-13(20)17-14-16-11(10-22-14)9-18-4-6-21-7-5-18/h10H,2-9H2,1H3,(H,15,19)(H,16,17,20). The van der Waals surface area contributed by atoms with Gasteiger partial charge in [0, 0.05) is 31.4 Å². The minimum absolute atomic E-state index is 0.0167. The van der Waals surface area contributed by atoms with Gasteiger partial charge in [0.05, 0.1) is 25.5 Å². The molecule has 7 nitrogen and oxygen atoms in total. The van der Waals surface area contributed by atoms with Gasteiger partial charge in [-0.25, -0.2) is 4.98 Å². The van der Waals surface area contributed by atoms with Crippen molar-refractivity contribution in [3.8, 4) is 0 Å². The van der Waals surface area contributed by atoms with Crippen molar-refractivity contribution >= 4 is 28.3 Å². The van der Waals surface area contributed by atoms with Crippen LogP contribution in [0.1, 0.15) is 25.5 Å². The van der Waals surface area contributed by atoms with E-state index < -0.39 is 0 Å². The fraction of sp³-hybridized carbons (Fsp3) is 0.643. The molecule has 1 aromatic heterocycles. The summed E-state index contributed by atoms with van der Waals surface area (Å²) in [5.74, 6) is -0.360. The minimum Gasteiger partial charge on any atom is -0.379 e. The van der Waals surface area contributed by atoms with Gasteiger partial charge in [-0.05, 0) is 6.42 Å². The number of amides is 2. The minimum atomic E-state index is -0.253. The predicted octanol–water partition coefficient (Wildman–Crippen LogP) is 0.830. The van der Waals surface area contributed by atoms with Crippen molar-refractivity contribution in [3.63, 3.8) is 0 Å². The number of nitrogens with zero attached hydrogens (tertiary/aromatic N) is 2. The van der Waals surface area contributed by atoms with Gasteiger partial charge in [-0.3, -0.25) is 14.5 Å². The van der Waals surface area contributed by atoms with Crippen LogP contribution in [0.25, 0.3) is 0 Å². The van der Waals surface area contributed by atoms with E-state index in [1.54, 1.807) is 0 Å². The number of nitrogens with one attached hydrogen (secondary N) is 2. The molecule has 0 saturated carbocycles. The van der Waals surface area contributed by atoms with Crippen LogP contribution in [-0.2, 0) is 20.9 Å². The van der Waals surface area contributed by atoms with Crippen LogP contribution in [0.5, 0.6) is 0 Å². The fourth-order valence-electron chi connectivity index (χ4n) is 2.08. The van der Waals surface area contributed by atoms with E-state index in [4.69, 9.17) is 4.74 Å². The summed E-state index contributed by atoms with van der Waals surface area (Å²) < 4.78 is 5.31. The molecule has 0 radical (unpaired) electrons. The van der Waals surface area contributed by atoms with Gasteiger partial charge in [0.2, 0.25) is 11.8 Å². The second-order valence-corrected chi connectivity index (χ2v) is 5.97. The van der Waals surface area contributed by atoms with Gasteiger partial charge < -0.3 is 15.4 Å². The molecule has 0 bridgehead atoms. The lowest BCUT2D eigenvalue weighted by Gasteiger charge is -2.25. The van der Waals surface area contributed by atoms with E-state index in [-0.39, 0.29) is 18.4 Å². The number of aromatic nitrogens is 1. The SMILES string of the molecule is CCCC(=O)NCC(=O)Nc1nc(CN2CCOCC2)cs1. The summed E-state index contributed by atoms with van der Waals surface area (Å²) in [6.45, 7) is 5.99. The van der Waals surface area contributed by atoms with Crippen LogP contribution in [0, 0.1) is 0 Å². The third kappa shape index (κ3) is 5.70. The number of rotatable bonds is 7. The van der Waals surface area contributed by atoms with Crippen molar-refractivity contribution in [1.82, 2.24) is 15.2 Å².